The molecule has 3 aromatic heterocycles. The fourth-order valence-electron chi connectivity index (χ4n) is 3.35. The molecule has 4 aromatic rings. The molecule has 0 aliphatic rings. The molecule has 0 spiro atoms. The predicted octanol–water partition coefficient (Wildman–Crippen LogP) is 2.92. The van der Waals surface area contributed by atoms with E-state index < -0.39 is 0 Å². The fourth-order valence-corrected chi connectivity index (χ4v) is 4.23. The number of aromatic nitrogens is 6. The van der Waals surface area contributed by atoms with Gasteiger partial charge in [-0.05, 0) is 43.9 Å². The molecule has 0 amide bonds. The number of hydrogen-bond donors (Lipinski definition) is 1. The summed E-state index contributed by atoms with van der Waals surface area (Å²) in [5.41, 5.74) is 2.01. The van der Waals surface area contributed by atoms with Crippen LogP contribution in [-0.4, -0.2) is 48.3 Å². The van der Waals surface area contributed by atoms with Gasteiger partial charge in [-0.15, -0.1) is 10.2 Å². The average Bonchev–Trinajstić information content (AvgIpc) is 3.41. The molecule has 29 heavy (non-hydrogen) atoms. The number of fused-ring (bicyclic) bond motifs is 3. The summed E-state index contributed by atoms with van der Waals surface area (Å²) in [6.45, 7) is 3.81. The Morgan fingerprint density at radius 2 is 2.10 bits per heavy atom. The minimum atomic E-state index is -0.0338. The second kappa shape index (κ2) is 9.23. The number of rotatable bonds is 10. The van der Waals surface area contributed by atoms with E-state index in [2.05, 4.69) is 20.4 Å². The number of aromatic amines is 1. The van der Waals surface area contributed by atoms with Gasteiger partial charge in [-0.1, -0.05) is 23.9 Å². The summed E-state index contributed by atoms with van der Waals surface area (Å²) >= 11 is 1.66. The van der Waals surface area contributed by atoms with Crippen LogP contribution in [0.1, 0.15) is 25.3 Å². The maximum Gasteiger partial charge on any atom is 0.262 e. The lowest BCUT2D eigenvalue weighted by molar-refractivity contribution is 0.141. The molecule has 1 N–H and O–H groups in total. The molecule has 1 aromatic carbocycles. The fraction of sp³-hybridized carbons (Fsp3) is 0.400. The van der Waals surface area contributed by atoms with E-state index in [1.807, 2.05) is 48.0 Å². The van der Waals surface area contributed by atoms with Gasteiger partial charge in [0.25, 0.3) is 5.56 Å². The first-order valence-electron chi connectivity index (χ1n) is 9.84. The van der Waals surface area contributed by atoms with E-state index in [-0.39, 0.29) is 5.56 Å². The Balaban J connectivity index is 1.62. The van der Waals surface area contributed by atoms with Gasteiger partial charge in [-0.25, -0.2) is 0 Å². The van der Waals surface area contributed by atoms with Crippen molar-refractivity contribution in [2.75, 3.05) is 19.0 Å². The lowest BCUT2D eigenvalue weighted by atomic mass is 10.2. The predicted molar refractivity (Wildman–Crippen MR) is 113 cm³/mol. The smallest absolute Gasteiger partial charge is 0.262 e. The highest BCUT2D eigenvalue weighted by atomic mass is 32.2. The first kappa shape index (κ1) is 19.7. The van der Waals surface area contributed by atoms with Crippen molar-refractivity contribution in [1.82, 2.24) is 29.4 Å². The quantitative estimate of drug-likeness (QED) is 0.318. The van der Waals surface area contributed by atoms with Crippen molar-refractivity contribution in [2.24, 2.45) is 0 Å². The van der Waals surface area contributed by atoms with Crippen molar-refractivity contribution in [3.8, 4) is 0 Å². The van der Waals surface area contributed by atoms with Crippen molar-refractivity contribution < 1.29 is 4.74 Å². The molecule has 0 radical (unpaired) electrons. The van der Waals surface area contributed by atoms with Gasteiger partial charge < -0.3 is 4.74 Å². The minimum Gasteiger partial charge on any atom is -0.382 e. The lowest BCUT2D eigenvalue weighted by Gasteiger charge is -2.11. The minimum absolute atomic E-state index is 0.0338. The first-order chi connectivity index (χ1) is 14.3. The van der Waals surface area contributed by atoms with Crippen LogP contribution in [0, 0.1) is 0 Å². The summed E-state index contributed by atoms with van der Waals surface area (Å²) < 4.78 is 9.14. The van der Waals surface area contributed by atoms with Crippen molar-refractivity contribution in [3.05, 3.63) is 52.6 Å². The second-order valence-electron chi connectivity index (χ2n) is 6.70. The third-order valence-electron chi connectivity index (χ3n) is 4.75. The molecule has 0 saturated heterocycles. The largest absolute Gasteiger partial charge is 0.382 e. The van der Waals surface area contributed by atoms with E-state index in [0.29, 0.717) is 30.9 Å². The number of nitrogens with one attached hydrogen (secondary N) is 1. The molecule has 3 heterocycles. The van der Waals surface area contributed by atoms with E-state index in [0.717, 1.165) is 35.7 Å². The van der Waals surface area contributed by atoms with Crippen molar-refractivity contribution in [1.29, 1.82) is 0 Å². The molecule has 0 atom stereocenters. The maximum absolute atomic E-state index is 13.0. The van der Waals surface area contributed by atoms with Gasteiger partial charge in [-0.2, -0.15) is 5.10 Å². The van der Waals surface area contributed by atoms with E-state index in [9.17, 15) is 4.79 Å². The van der Waals surface area contributed by atoms with Crippen molar-refractivity contribution in [3.63, 3.8) is 0 Å². The standard InChI is InChI=1S/C20H24N6O2S/c1-2-28-11-6-10-25-18(27)16-8-3-4-9-17(16)26-19(25)23-24-20(26)29-12-5-7-15-13-21-22-14-15/h3-4,8-9,13-14H,2,5-7,10-12H2,1H3,(H,21,22). The van der Waals surface area contributed by atoms with Crippen molar-refractivity contribution in [2.45, 2.75) is 37.9 Å². The van der Waals surface area contributed by atoms with Gasteiger partial charge in [0, 0.05) is 31.7 Å². The molecular formula is C20H24N6O2S. The van der Waals surface area contributed by atoms with Crippen LogP contribution in [-0.2, 0) is 17.7 Å². The summed E-state index contributed by atoms with van der Waals surface area (Å²) in [7, 11) is 0. The Kier molecular flexibility index (Phi) is 6.26. The second-order valence-corrected chi connectivity index (χ2v) is 7.76. The van der Waals surface area contributed by atoms with Crippen LogP contribution < -0.4 is 5.56 Å². The Labute approximate surface area is 172 Å². The summed E-state index contributed by atoms with van der Waals surface area (Å²) in [6.07, 6.45) is 6.49. The topological polar surface area (TPSA) is 90.1 Å². The summed E-state index contributed by atoms with van der Waals surface area (Å²) in [4.78, 5) is 13.0. The van der Waals surface area contributed by atoms with Crippen LogP contribution in [0.3, 0.4) is 0 Å². The Morgan fingerprint density at radius 1 is 1.21 bits per heavy atom. The van der Waals surface area contributed by atoms with Crippen LogP contribution >= 0.6 is 11.8 Å². The highest BCUT2D eigenvalue weighted by Gasteiger charge is 2.16. The highest BCUT2D eigenvalue weighted by molar-refractivity contribution is 7.99. The number of aryl methyl sites for hydroxylation is 2. The van der Waals surface area contributed by atoms with E-state index >= 15 is 0 Å². The zero-order valence-electron chi connectivity index (χ0n) is 16.4. The van der Waals surface area contributed by atoms with E-state index in [4.69, 9.17) is 4.74 Å². The molecule has 0 saturated carbocycles. The van der Waals surface area contributed by atoms with Gasteiger partial charge in [0.15, 0.2) is 5.16 Å². The molecule has 9 heteroatoms. The Hall–Kier alpha value is -2.65. The van der Waals surface area contributed by atoms with Crippen LogP contribution in [0.15, 0.2) is 46.6 Å². The number of ether oxygens (including phenoxy) is 1. The lowest BCUT2D eigenvalue weighted by Crippen LogP contribution is -2.24. The Morgan fingerprint density at radius 3 is 2.93 bits per heavy atom. The molecule has 8 nitrogen and oxygen atoms in total. The molecule has 0 bridgehead atoms. The molecule has 0 fully saturated rings. The number of hydrogen-bond acceptors (Lipinski definition) is 6. The van der Waals surface area contributed by atoms with Gasteiger partial charge in [-0.3, -0.25) is 18.9 Å². The molecule has 4 rings (SSSR count). The van der Waals surface area contributed by atoms with Crippen LogP contribution in [0.2, 0.25) is 0 Å². The van der Waals surface area contributed by atoms with Crippen molar-refractivity contribution >= 4 is 28.4 Å². The van der Waals surface area contributed by atoms with Gasteiger partial charge in [0.2, 0.25) is 5.78 Å². The molecule has 0 aliphatic heterocycles. The van der Waals surface area contributed by atoms with Gasteiger partial charge in [0.1, 0.15) is 0 Å². The molecular weight excluding hydrogens is 388 g/mol. The summed E-state index contributed by atoms with van der Waals surface area (Å²) in [5.74, 6) is 1.49. The van der Waals surface area contributed by atoms with Gasteiger partial charge >= 0.3 is 0 Å². The number of benzene rings is 1. The normalized spacial score (nSPS) is 11.6. The molecule has 152 valence electrons. The average molecular weight is 413 g/mol. The number of H-pyrrole nitrogens is 1. The highest BCUT2D eigenvalue weighted by Crippen LogP contribution is 2.22. The molecule has 0 unspecified atom stereocenters. The number of nitrogens with zero attached hydrogens (tertiary/aromatic N) is 5. The molecule has 0 aliphatic carbocycles. The number of para-hydroxylation sites is 1. The van der Waals surface area contributed by atoms with Crippen LogP contribution in [0.25, 0.3) is 16.7 Å². The van der Waals surface area contributed by atoms with Gasteiger partial charge in [0.05, 0.1) is 17.1 Å². The summed E-state index contributed by atoms with van der Waals surface area (Å²) in [6, 6.07) is 7.65. The van der Waals surface area contributed by atoms with Crippen LogP contribution in [0.5, 0.6) is 0 Å². The maximum atomic E-state index is 13.0. The zero-order chi connectivity index (χ0) is 20.1. The zero-order valence-corrected chi connectivity index (χ0v) is 17.2. The third kappa shape index (κ3) is 4.20. The first-order valence-corrected chi connectivity index (χ1v) is 10.8. The van der Waals surface area contributed by atoms with E-state index in [1.165, 1.54) is 5.56 Å². The SMILES string of the molecule is CCOCCCn1c(=O)c2ccccc2n2c(SCCCc3cn[nH]c3)nnc12. The monoisotopic (exact) mass is 412 g/mol. The summed E-state index contributed by atoms with van der Waals surface area (Å²) in [5, 5.41) is 17.1. The Bertz CT molecular complexity index is 1140. The number of thioether (sulfide) groups is 1. The van der Waals surface area contributed by atoms with Crippen LogP contribution in [0.4, 0.5) is 0 Å². The van der Waals surface area contributed by atoms with E-state index in [1.54, 1.807) is 16.3 Å². The third-order valence-corrected chi connectivity index (χ3v) is 5.76.